The van der Waals surface area contributed by atoms with Crippen LogP contribution in [0.4, 0.5) is 5.82 Å². The normalized spacial score (nSPS) is 14.4. The van der Waals surface area contributed by atoms with Gasteiger partial charge in [0.25, 0.3) is 0 Å². The predicted molar refractivity (Wildman–Crippen MR) is 116 cm³/mol. The molecule has 2 aromatic heterocycles. The lowest BCUT2D eigenvalue weighted by Crippen LogP contribution is -2.17. The maximum Gasteiger partial charge on any atom is 0.235 e. The SMILES string of the molecule is Cc1noc(C)c1CSCC(=O)Nc1cc(C2CCCC2)nn1-c1ccccc1. The zero-order valence-corrected chi connectivity index (χ0v) is 17.7. The lowest BCUT2D eigenvalue weighted by Gasteiger charge is -2.09. The number of hydrogen-bond acceptors (Lipinski definition) is 5. The largest absolute Gasteiger partial charge is 0.361 e. The lowest BCUT2D eigenvalue weighted by molar-refractivity contribution is -0.113. The quantitative estimate of drug-likeness (QED) is 0.593. The van der Waals surface area contributed by atoms with Crippen LogP contribution in [0.1, 0.15) is 54.3 Å². The fourth-order valence-corrected chi connectivity index (χ4v) is 4.78. The number of aryl methyl sites for hydroxylation is 2. The third kappa shape index (κ3) is 4.56. The molecule has 4 rings (SSSR count). The third-order valence-electron chi connectivity index (χ3n) is 5.43. The van der Waals surface area contributed by atoms with Crippen molar-refractivity contribution in [3.8, 4) is 5.69 Å². The van der Waals surface area contributed by atoms with Crippen LogP contribution in [0.3, 0.4) is 0 Å². The van der Waals surface area contributed by atoms with E-state index in [1.165, 1.54) is 25.7 Å². The number of thioether (sulfide) groups is 1. The molecular formula is C22H26N4O2S. The van der Waals surface area contributed by atoms with Crippen molar-refractivity contribution in [1.29, 1.82) is 0 Å². The van der Waals surface area contributed by atoms with Crippen LogP contribution in [0.2, 0.25) is 0 Å². The molecule has 0 radical (unpaired) electrons. The van der Waals surface area contributed by atoms with Gasteiger partial charge in [-0.2, -0.15) is 5.10 Å². The molecule has 0 unspecified atom stereocenters. The molecule has 1 fully saturated rings. The van der Waals surface area contributed by atoms with Crippen LogP contribution >= 0.6 is 11.8 Å². The molecule has 29 heavy (non-hydrogen) atoms. The second-order valence-electron chi connectivity index (χ2n) is 7.53. The molecule has 7 heteroatoms. The number of nitrogens with one attached hydrogen (secondary N) is 1. The Bertz CT molecular complexity index is 955. The van der Waals surface area contributed by atoms with E-state index in [9.17, 15) is 4.79 Å². The van der Waals surface area contributed by atoms with Gasteiger partial charge >= 0.3 is 0 Å². The van der Waals surface area contributed by atoms with E-state index in [1.54, 1.807) is 11.8 Å². The molecule has 0 aliphatic heterocycles. The van der Waals surface area contributed by atoms with E-state index >= 15 is 0 Å². The van der Waals surface area contributed by atoms with Gasteiger partial charge in [0.15, 0.2) is 0 Å². The number of nitrogens with zero attached hydrogens (tertiary/aromatic N) is 3. The van der Waals surface area contributed by atoms with E-state index in [1.807, 2.05) is 54.9 Å². The van der Waals surface area contributed by atoms with Crippen LogP contribution in [0, 0.1) is 13.8 Å². The van der Waals surface area contributed by atoms with Gasteiger partial charge in [0, 0.05) is 23.3 Å². The van der Waals surface area contributed by atoms with Crippen molar-refractivity contribution < 1.29 is 9.32 Å². The Hall–Kier alpha value is -2.54. The van der Waals surface area contributed by atoms with E-state index in [0.29, 0.717) is 17.4 Å². The van der Waals surface area contributed by atoms with Gasteiger partial charge in [-0.15, -0.1) is 11.8 Å². The van der Waals surface area contributed by atoms with Crippen molar-refractivity contribution in [2.75, 3.05) is 11.1 Å². The highest BCUT2D eigenvalue weighted by Crippen LogP contribution is 2.35. The van der Waals surface area contributed by atoms with Gasteiger partial charge in [-0.1, -0.05) is 36.2 Å². The summed E-state index contributed by atoms with van der Waals surface area (Å²) in [5.41, 5.74) is 3.99. The Morgan fingerprint density at radius 2 is 2.00 bits per heavy atom. The van der Waals surface area contributed by atoms with Crippen LogP contribution in [0.25, 0.3) is 5.69 Å². The van der Waals surface area contributed by atoms with Crippen LogP contribution in [-0.4, -0.2) is 26.6 Å². The number of amides is 1. The first-order chi connectivity index (χ1) is 14.1. The predicted octanol–water partition coefficient (Wildman–Crippen LogP) is 5.01. The molecule has 0 saturated heterocycles. The highest BCUT2D eigenvalue weighted by Gasteiger charge is 2.22. The summed E-state index contributed by atoms with van der Waals surface area (Å²) in [5, 5.41) is 11.9. The first-order valence-corrected chi connectivity index (χ1v) is 11.2. The van der Waals surface area contributed by atoms with Gasteiger partial charge in [-0.3, -0.25) is 4.79 Å². The van der Waals surface area contributed by atoms with Gasteiger partial charge < -0.3 is 9.84 Å². The zero-order chi connectivity index (χ0) is 20.2. The first-order valence-electron chi connectivity index (χ1n) is 10.1. The molecule has 152 valence electrons. The van der Waals surface area contributed by atoms with E-state index in [0.717, 1.165) is 34.2 Å². The van der Waals surface area contributed by atoms with Crippen molar-refractivity contribution in [1.82, 2.24) is 14.9 Å². The number of para-hydroxylation sites is 1. The molecule has 3 aromatic rings. The van der Waals surface area contributed by atoms with E-state index < -0.39 is 0 Å². The maximum atomic E-state index is 12.6. The summed E-state index contributed by atoms with van der Waals surface area (Å²) in [6.45, 7) is 3.83. The topological polar surface area (TPSA) is 73.0 Å². The Balaban J connectivity index is 1.45. The minimum absolute atomic E-state index is 0.0307. The lowest BCUT2D eigenvalue weighted by atomic mass is 10.0. The molecule has 1 aromatic carbocycles. The van der Waals surface area contributed by atoms with Gasteiger partial charge in [0.1, 0.15) is 11.6 Å². The molecule has 1 aliphatic rings. The number of benzene rings is 1. The number of aromatic nitrogens is 3. The average molecular weight is 411 g/mol. The number of hydrogen-bond donors (Lipinski definition) is 1. The molecule has 6 nitrogen and oxygen atoms in total. The molecule has 2 heterocycles. The third-order valence-corrected chi connectivity index (χ3v) is 6.39. The second-order valence-corrected chi connectivity index (χ2v) is 8.51. The highest BCUT2D eigenvalue weighted by atomic mass is 32.2. The van der Waals surface area contributed by atoms with Crippen LogP contribution in [-0.2, 0) is 10.5 Å². The molecule has 0 bridgehead atoms. The molecule has 1 amide bonds. The van der Waals surface area contributed by atoms with E-state index in [-0.39, 0.29) is 5.91 Å². The highest BCUT2D eigenvalue weighted by molar-refractivity contribution is 7.99. The fourth-order valence-electron chi connectivity index (χ4n) is 3.81. The maximum absolute atomic E-state index is 12.6. The first kappa shape index (κ1) is 19.8. The number of anilines is 1. The van der Waals surface area contributed by atoms with Gasteiger partial charge in [0.2, 0.25) is 5.91 Å². The number of carbonyl (C=O) groups excluding carboxylic acids is 1. The Morgan fingerprint density at radius 3 is 2.69 bits per heavy atom. The summed E-state index contributed by atoms with van der Waals surface area (Å²) in [5.74, 6) is 3.09. The van der Waals surface area contributed by atoms with Crippen molar-refractivity contribution in [2.45, 2.75) is 51.2 Å². The van der Waals surface area contributed by atoms with E-state index in [2.05, 4.69) is 10.5 Å². The number of rotatable bonds is 7. The van der Waals surface area contributed by atoms with Gasteiger partial charge in [0.05, 0.1) is 22.8 Å². The van der Waals surface area contributed by atoms with Gasteiger partial charge in [-0.05, 0) is 38.8 Å². The summed E-state index contributed by atoms with van der Waals surface area (Å²) in [6.07, 6.45) is 4.85. The second kappa shape index (κ2) is 8.86. The van der Waals surface area contributed by atoms with Crippen molar-refractivity contribution in [3.05, 3.63) is 59.1 Å². The van der Waals surface area contributed by atoms with Crippen LogP contribution < -0.4 is 5.32 Å². The van der Waals surface area contributed by atoms with Crippen molar-refractivity contribution in [2.24, 2.45) is 0 Å². The summed E-state index contributed by atoms with van der Waals surface area (Å²) in [6, 6.07) is 12.0. The summed E-state index contributed by atoms with van der Waals surface area (Å²) in [4.78, 5) is 12.6. The minimum Gasteiger partial charge on any atom is -0.361 e. The van der Waals surface area contributed by atoms with Crippen LogP contribution in [0.15, 0.2) is 40.9 Å². The fraction of sp³-hybridized carbons (Fsp3) is 0.409. The standard InChI is InChI=1S/C22H26N4O2S/c1-15-19(16(2)28-25-15)13-29-14-22(27)23-21-12-20(17-8-6-7-9-17)24-26(21)18-10-4-3-5-11-18/h3-5,10-12,17H,6-9,13-14H2,1-2H3,(H,23,27). The molecule has 0 spiro atoms. The smallest absolute Gasteiger partial charge is 0.235 e. The monoisotopic (exact) mass is 410 g/mol. The molecule has 1 saturated carbocycles. The molecule has 1 N–H and O–H groups in total. The Labute approximate surface area is 175 Å². The zero-order valence-electron chi connectivity index (χ0n) is 16.9. The molecule has 1 aliphatic carbocycles. The average Bonchev–Trinajstić information content (AvgIpc) is 3.45. The Morgan fingerprint density at radius 1 is 1.24 bits per heavy atom. The number of carbonyl (C=O) groups is 1. The van der Waals surface area contributed by atoms with E-state index in [4.69, 9.17) is 9.62 Å². The van der Waals surface area contributed by atoms with Gasteiger partial charge in [-0.25, -0.2) is 4.68 Å². The summed E-state index contributed by atoms with van der Waals surface area (Å²) >= 11 is 1.56. The van der Waals surface area contributed by atoms with Crippen LogP contribution in [0.5, 0.6) is 0 Å². The minimum atomic E-state index is -0.0307. The molecular weight excluding hydrogens is 384 g/mol. The summed E-state index contributed by atoms with van der Waals surface area (Å²) in [7, 11) is 0. The van der Waals surface area contributed by atoms with Crippen molar-refractivity contribution in [3.63, 3.8) is 0 Å². The Kier molecular flexibility index (Phi) is 6.04. The summed E-state index contributed by atoms with van der Waals surface area (Å²) < 4.78 is 7.04. The van der Waals surface area contributed by atoms with Crippen molar-refractivity contribution >= 4 is 23.5 Å². The molecule has 0 atom stereocenters.